The van der Waals surface area contributed by atoms with Gasteiger partial charge in [-0.3, -0.25) is 0 Å². The van der Waals surface area contributed by atoms with E-state index in [1.165, 1.54) is 4.90 Å². The molecule has 1 aromatic carbocycles. The molecule has 21 heavy (non-hydrogen) atoms. The van der Waals surface area contributed by atoms with E-state index in [-0.39, 0.29) is 6.03 Å². The van der Waals surface area contributed by atoms with Gasteiger partial charge in [-0.05, 0) is 44.3 Å². The Morgan fingerprint density at radius 2 is 2.19 bits per heavy atom. The number of carbonyl (C=O) groups is 1. The van der Waals surface area contributed by atoms with Crippen molar-refractivity contribution in [1.82, 2.24) is 15.1 Å². The number of hydrogen-bond donors (Lipinski definition) is 1. The van der Waals surface area contributed by atoms with E-state index < -0.39 is 0 Å². The third-order valence-electron chi connectivity index (χ3n) is 3.72. The molecule has 0 spiro atoms. The molecule has 1 aromatic rings. The van der Waals surface area contributed by atoms with Crippen LogP contribution < -0.4 is 5.32 Å². The minimum atomic E-state index is 0.0556. The zero-order valence-electron chi connectivity index (χ0n) is 12.9. The number of urea groups is 1. The van der Waals surface area contributed by atoms with Gasteiger partial charge in [0.25, 0.3) is 0 Å². The van der Waals surface area contributed by atoms with Crippen LogP contribution in [0.4, 0.5) is 4.79 Å². The molecule has 1 saturated heterocycles. The molecule has 1 heterocycles. The van der Waals surface area contributed by atoms with E-state index in [4.69, 9.17) is 0 Å². The fourth-order valence-electron chi connectivity index (χ4n) is 2.45. The highest BCUT2D eigenvalue weighted by Crippen LogP contribution is 2.17. The van der Waals surface area contributed by atoms with Gasteiger partial charge < -0.3 is 15.1 Å². The first-order valence-electron chi connectivity index (χ1n) is 7.53. The van der Waals surface area contributed by atoms with Gasteiger partial charge in [0.2, 0.25) is 0 Å². The van der Waals surface area contributed by atoms with E-state index in [2.05, 4.69) is 41.5 Å². The van der Waals surface area contributed by atoms with Crippen molar-refractivity contribution in [3.05, 3.63) is 30.3 Å². The fraction of sp³-hybridized carbons (Fsp3) is 0.562. The monoisotopic (exact) mass is 307 g/mol. The molecule has 1 unspecified atom stereocenters. The summed E-state index contributed by atoms with van der Waals surface area (Å²) in [6, 6.07) is 10.8. The van der Waals surface area contributed by atoms with Gasteiger partial charge in [-0.1, -0.05) is 18.2 Å². The van der Waals surface area contributed by atoms with Crippen molar-refractivity contribution in [1.29, 1.82) is 0 Å². The molecule has 2 rings (SSSR count). The highest BCUT2D eigenvalue weighted by Gasteiger charge is 2.22. The Balaban J connectivity index is 1.60. The van der Waals surface area contributed by atoms with E-state index >= 15 is 0 Å². The van der Waals surface area contributed by atoms with Gasteiger partial charge in [0.15, 0.2) is 0 Å². The molecule has 1 fully saturated rings. The lowest BCUT2D eigenvalue weighted by Crippen LogP contribution is -2.44. The van der Waals surface area contributed by atoms with Crippen LogP contribution in [0.2, 0.25) is 0 Å². The molecule has 5 heteroatoms. The van der Waals surface area contributed by atoms with E-state index in [1.54, 1.807) is 4.90 Å². The topological polar surface area (TPSA) is 35.6 Å². The summed E-state index contributed by atoms with van der Waals surface area (Å²) in [5, 5.41) is 3.11. The number of likely N-dealkylation sites (N-methyl/N-ethyl adjacent to an activating group) is 1. The van der Waals surface area contributed by atoms with Crippen molar-refractivity contribution in [2.75, 3.05) is 39.5 Å². The molecule has 0 saturated carbocycles. The summed E-state index contributed by atoms with van der Waals surface area (Å²) in [6.07, 6.45) is 2.06. The largest absolute Gasteiger partial charge is 0.334 e. The number of carbonyl (C=O) groups excluding carboxylic acids is 1. The molecule has 0 aromatic heterocycles. The van der Waals surface area contributed by atoms with Crippen LogP contribution in [0, 0.1) is 0 Å². The second-order valence-electron chi connectivity index (χ2n) is 5.63. The summed E-state index contributed by atoms with van der Waals surface area (Å²) >= 11 is 1.84. The Morgan fingerprint density at radius 3 is 2.86 bits per heavy atom. The predicted molar refractivity (Wildman–Crippen MR) is 88.8 cm³/mol. The van der Waals surface area contributed by atoms with E-state index in [0.29, 0.717) is 6.04 Å². The average Bonchev–Trinajstić information content (AvgIpc) is 2.89. The smallest absolute Gasteiger partial charge is 0.317 e. The van der Waals surface area contributed by atoms with E-state index in [0.717, 1.165) is 38.2 Å². The maximum absolute atomic E-state index is 12.1. The van der Waals surface area contributed by atoms with E-state index in [1.807, 2.05) is 24.9 Å². The first-order valence-corrected chi connectivity index (χ1v) is 8.52. The normalized spacial score (nSPS) is 18.7. The molecular formula is C16H25N3OS. The number of rotatable bonds is 6. The van der Waals surface area contributed by atoms with Crippen molar-refractivity contribution in [2.24, 2.45) is 0 Å². The number of thioether (sulfide) groups is 1. The highest BCUT2D eigenvalue weighted by atomic mass is 32.2. The van der Waals surface area contributed by atoms with E-state index in [9.17, 15) is 4.79 Å². The molecule has 1 atom stereocenters. The lowest BCUT2D eigenvalue weighted by Gasteiger charge is -2.21. The fourth-order valence-corrected chi connectivity index (χ4v) is 3.31. The van der Waals surface area contributed by atoms with Gasteiger partial charge in [0.05, 0.1) is 0 Å². The minimum Gasteiger partial charge on any atom is -0.334 e. The second kappa shape index (κ2) is 8.29. The van der Waals surface area contributed by atoms with Gasteiger partial charge in [-0.15, -0.1) is 11.8 Å². The van der Waals surface area contributed by atoms with Crippen molar-refractivity contribution in [2.45, 2.75) is 23.8 Å². The van der Waals surface area contributed by atoms with Gasteiger partial charge >= 0.3 is 6.03 Å². The summed E-state index contributed by atoms with van der Waals surface area (Å²) in [5.41, 5.74) is 0. The third-order valence-corrected chi connectivity index (χ3v) is 4.81. The quantitative estimate of drug-likeness (QED) is 0.648. The molecular weight excluding hydrogens is 282 g/mol. The standard InChI is InChI=1S/C16H25N3OS/c1-18-11-9-14(13-18)17-16(20)19(2)10-6-12-21-15-7-4-3-5-8-15/h3-5,7-8,14H,6,9-13H2,1-2H3,(H,17,20). The Kier molecular flexibility index (Phi) is 6.39. The van der Waals surface area contributed by atoms with Gasteiger partial charge in [-0.2, -0.15) is 0 Å². The van der Waals surface area contributed by atoms with Gasteiger partial charge in [-0.25, -0.2) is 4.79 Å². The molecule has 1 N–H and O–H groups in total. The van der Waals surface area contributed by atoms with Gasteiger partial charge in [0, 0.05) is 31.1 Å². The molecule has 0 aliphatic carbocycles. The van der Waals surface area contributed by atoms with Crippen molar-refractivity contribution >= 4 is 17.8 Å². The first-order chi connectivity index (χ1) is 10.1. The Labute approximate surface area is 131 Å². The summed E-state index contributed by atoms with van der Waals surface area (Å²) in [6.45, 7) is 2.83. The highest BCUT2D eigenvalue weighted by molar-refractivity contribution is 7.99. The summed E-state index contributed by atoms with van der Waals surface area (Å²) in [5.74, 6) is 1.04. The number of nitrogens with zero attached hydrogens (tertiary/aromatic N) is 2. The number of benzene rings is 1. The average molecular weight is 307 g/mol. The van der Waals surface area contributed by atoms with Crippen LogP contribution in [0.1, 0.15) is 12.8 Å². The summed E-state index contributed by atoms with van der Waals surface area (Å²) < 4.78 is 0. The van der Waals surface area contributed by atoms with Crippen LogP contribution >= 0.6 is 11.8 Å². The van der Waals surface area contributed by atoms with Crippen molar-refractivity contribution in [3.63, 3.8) is 0 Å². The number of nitrogens with one attached hydrogen (secondary N) is 1. The number of hydrogen-bond acceptors (Lipinski definition) is 3. The lowest BCUT2D eigenvalue weighted by atomic mass is 10.3. The molecule has 2 amide bonds. The molecule has 1 aliphatic heterocycles. The molecule has 4 nitrogen and oxygen atoms in total. The number of amides is 2. The third kappa shape index (κ3) is 5.59. The summed E-state index contributed by atoms with van der Waals surface area (Å²) in [4.78, 5) is 17.4. The summed E-state index contributed by atoms with van der Waals surface area (Å²) in [7, 11) is 3.97. The Hall–Kier alpha value is -1.20. The number of likely N-dealkylation sites (tertiary alicyclic amines) is 1. The SMILES string of the molecule is CN1CCC(NC(=O)N(C)CCCSc2ccccc2)C1. The lowest BCUT2D eigenvalue weighted by molar-refractivity contribution is 0.205. The van der Waals surface area contributed by atoms with Crippen LogP contribution in [-0.4, -0.2) is 61.4 Å². The zero-order valence-corrected chi connectivity index (χ0v) is 13.7. The molecule has 116 valence electrons. The van der Waals surface area contributed by atoms with Gasteiger partial charge in [0.1, 0.15) is 0 Å². The van der Waals surface area contributed by atoms with Crippen LogP contribution in [0.15, 0.2) is 35.2 Å². The maximum atomic E-state index is 12.1. The van der Waals surface area contributed by atoms with Crippen molar-refractivity contribution < 1.29 is 4.79 Å². The Bertz CT molecular complexity index is 440. The van der Waals surface area contributed by atoms with Crippen LogP contribution in [0.25, 0.3) is 0 Å². The van der Waals surface area contributed by atoms with Crippen molar-refractivity contribution in [3.8, 4) is 0 Å². The minimum absolute atomic E-state index is 0.0556. The van der Waals surface area contributed by atoms with Crippen LogP contribution in [0.3, 0.4) is 0 Å². The zero-order chi connectivity index (χ0) is 15.1. The molecule has 1 aliphatic rings. The maximum Gasteiger partial charge on any atom is 0.317 e. The molecule has 0 bridgehead atoms. The Morgan fingerprint density at radius 1 is 1.43 bits per heavy atom. The first kappa shape index (κ1) is 16.2. The van der Waals surface area contributed by atoms with Crippen LogP contribution in [-0.2, 0) is 0 Å². The second-order valence-corrected chi connectivity index (χ2v) is 6.80. The predicted octanol–water partition coefficient (Wildman–Crippen LogP) is 2.51. The molecule has 0 radical (unpaired) electrons. The van der Waals surface area contributed by atoms with Crippen LogP contribution in [0.5, 0.6) is 0 Å².